The van der Waals surface area contributed by atoms with Gasteiger partial charge in [0.25, 0.3) is 0 Å². The third-order valence-corrected chi connectivity index (χ3v) is 4.96. The van der Waals surface area contributed by atoms with E-state index < -0.39 is 10.0 Å². The molecule has 0 saturated carbocycles. The molecule has 112 valence electrons. The van der Waals surface area contributed by atoms with Gasteiger partial charge in [-0.25, -0.2) is 17.5 Å². The van der Waals surface area contributed by atoms with Crippen molar-refractivity contribution < 1.29 is 13.2 Å². The van der Waals surface area contributed by atoms with Crippen molar-refractivity contribution >= 4 is 32.5 Å². The number of hydrogen-bond donors (Lipinski definition) is 2. The van der Waals surface area contributed by atoms with E-state index in [-0.39, 0.29) is 12.1 Å². The normalized spacial score (nSPS) is 20.6. The first kappa shape index (κ1) is 15.1. The SMILES string of the molecule is Cc1nnc(NC(=O)NC2CCCN(S(C)(=O)=O)C2)s1. The zero-order chi connectivity index (χ0) is 14.8. The second kappa shape index (κ2) is 6.02. The highest BCUT2D eigenvalue weighted by Gasteiger charge is 2.26. The fraction of sp³-hybridized carbons (Fsp3) is 0.700. The number of aryl methyl sites for hydroxylation is 1. The summed E-state index contributed by atoms with van der Waals surface area (Å²) >= 11 is 1.28. The molecule has 1 unspecified atom stereocenters. The Morgan fingerprint density at radius 2 is 2.20 bits per heavy atom. The zero-order valence-corrected chi connectivity index (χ0v) is 12.9. The summed E-state index contributed by atoms with van der Waals surface area (Å²) in [5, 5.41) is 14.1. The van der Waals surface area contributed by atoms with Crippen molar-refractivity contribution in [3.05, 3.63) is 5.01 Å². The van der Waals surface area contributed by atoms with Crippen molar-refractivity contribution in [1.29, 1.82) is 0 Å². The highest BCUT2D eigenvalue weighted by atomic mass is 32.2. The molecule has 2 amide bonds. The van der Waals surface area contributed by atoms with Crippen LogP contribution in [0, 0.1) is 6.92 Å². The molecule has 2 N–H and O–H groups in total. The number of anilines is 1. The maximum absolute atomic E-state index is 11.8. The number of carbonyl (C=O) groups is 1. The van der Waals surface area contributed by atoms with E-state index in [4.69, 9.17) is 0 Å². The average molecular weight is 319 g/mol. The molecule has 0 bridgehead atoms. The van der Waals surface area contributed by atoms with Gasteiger partial charge in [-0.05, 0) is 19.8 Å². The Hall–Kier alpha value is -1.26. The van der Waals surface area contributed by atoms with Gasteiger partial charge < -0.3 is 5.32 Å². The minimum Gasteiger partial charge on any atom is -0.334 e. The second-order valence-electron chi connectivity index (χ2n) is 4.68. The summed E-state index contributed by atoms with van der Waals surface area (Å²) in [6.45, 7) is 2.61. The number of nitrogens with one attached hydrogen (secondary N) is 2. The first-order chi connectivity index (χ1) is 9.34. The van der Waals surface area contributed by atoms with E-state index in [1.807, 2.05) is 0 Å². The molecule has 10 heteroatoms. The molecule has 1 aliphatic rings. The Balaban J connectivity index is 1.88. The maximum atomic E-state index is 11.8. The Morgan fingerprint density at radius 1 is 1.45 bits per heavy atom. The summed E-state index contributed by atoms with van der Waals surface area (Å²) in [6, 6.07) is -0.575. The third kappa shape index (κ3) is 4.12. The van der Waals surface area contributed by atoms with Gasteiger partial charge >= 0.3 is 6.03 Å². The zero-order valence-electron chi connectivity index (χ0n) is 11.3. The van der Waals surface area contributed by atoms with E-state index in [2.05, 4.69) is 20.8 Å². The first-order valence-corrected chi connectivity index (χ1v) is 8.84. The van der Waals surface area contributed by atoms with Crippen molar-refractivity contribution in [2.24, 2.45) is 0 Å². The number of nitrogens with zero attached hydrogens (tertiary/aromatic N) is 3. The lowest BCUT2D eigenvalue weighted by Gasteiger charge is -2.31. The highest BCUT2D eigenvalue weighted by Crippen LogP contribution is 2.15. The summed E-state index contributed by atoms with van der Waals surface area (Å²) in [4.78, 5) is 11.8. The summed E-state index contributed by atoms with van der Waals surface area (Å²) < 4.78 is 24.4. The van der Waals surface area contributed by atoms with Gasteiger partial charge in [-0.1, -0.05) is 11.3 Å². The molecule has 1 aromatic heterocycles. The van der Waals surface area contributed by atoms with Gasteiger partial charge in [-0.15, -0.1) is 10.2 Å². The fourth-order valence-electron chi connectivity index (χ4n) is 2.03. The molecule has 0 aromatic carbocycles. The minimum absolute atomic E-state index is 0.188. The summed E-state index contributed by atoms with van der Waals surface area (Å²) in [6.07, 6.45) is 2.67. The molecule has 1 aliphatic heterocycles. The number of aromatic nitrogens is 2. The van der Waals surface area contributed by atoms with Crippen LogP contribution >= 0.6 is 11.3 Å². The molecule has 0 radical (unpaired) electrons. The van der Waals surface area contributed by atoms with E-state index in [0.717, 1.165) is 17.8 Å². The molecule has 1 fully saturated rings. The van der Waals surface area contributed by atoms with Gasteiger partial charge in [0, 0.05) is 19.1 Å². The molecule has 1 aromatic rings. The van der Waals surface area contributed by atoms with E-state index in [0.29, 0.717) is 18.2 Å². The van der Waals surface area contributed by atoms with Crippen LogP contribution in [0.4, 0.5) is 9.93 Å². The molecule has 2 heterocycles. The molecule has 1 atom stereocenters. The topological polar surface area (TPSA) is 104 Å². The van der Waals surface area contributed by atoms with Crippen molar-refractivity contribution in [2.45, 2.75) is 25.8 Å². The second-order valence-corrected chi connectivity index (χ2v) is 7.85. The number of urea groups is 1. The fourth-order valence-corrected chi connectivity index (χ4v) is 3.53. The number of sulfonamides is 1. The highest BCUT2D eigenvalue weighted by molar-refractivity contribution is 7.88. The van der Waals surface area contributed by atoms with Crippen LogP contribution in [-0.2, 0) is 10.0 Å². The van der Waals surface area contributed by atoms with Crippen molar-refractivity contribution in [1.82, 2.24) is 19.8 Å². The summed E-state index contributed by atoms with van der Waals surface area (Å²) in [5.41, 5.74) is 0. The summed E-state index contributed by atoms with van der Waals surface area (Å²) in [7, 11) is -3.21. The lowest BCUT2D eigenvalue weighted by molar-refractivity contribution is 0.236. The number of piperidine rings is 1. The van der Waals surface area contributed by atoms with Crippen LogP contribution in [0.25, 0.3) is 0 Å². The minimum atomic E-state index is -3.21. The Bertz CT molecular complexity index is 585. The molecule has 2 rings (SSSR count). The van der Waals surface area contributed by atoms with Gasteiger partial charge in [-0.3, -0.25) is 5.32 Å². The smallest absolute Gasteiger partial charge is 0.321 e. The number of amides is 2. The summed E-state index contributed by atoms with van der Waals surface area (Å²) in [5.74, 6) is 0. The quantitative estimate of drug-likeness (QED) is 0.839. The monoisotopic (exact) mass is 319 g/mol. The standard InChI is InChI=1S/C10H17N5O3S2/c1-7-13-14-10(19-7)12-9(16)11-8-4-3-5-15(6-8)20(2,17)18/h8H,3-6H2,1-2H3,(H2,11,12,14,16). The van der Waals surface area contributed by atoms with Crippen LogP contribution in [0.15, 0.2) is 0 Å². The Morgan fingerprint density at radius 3 is 2.80 bits per heavy atom. The number of hydrogen-bond acceptors (Lipinski definition) is 6. The van der Waals surface area contributed by atoms with Gasteiger partial charge in [0.2, 0.25) is 15.2 Å². The van der Waals surface area contributed by atoms with Gasteiger partial charge in [0.15, 0.2) is 0 Å². The molecule has 8 nitrogen and oxygen atoms in total. The lowest BCUT2D eigenvalue weighted by atomic mass is 10.1. The average Bonchev–Trinajstić information content (AvgIpc) is 2.73. The van der Waals surface area contributed by atoms with Crippen molar-refractivity contribution in [3.8, 4) is 0 Å². The van der Waals surface area contributed by atoms with Gasteiger partial charge in [-0.2, -0.15) is 0 Å². The van der Waals surface area contributed by atoms with E-state index in [9.17, 15) is 13.2 Å². The van der Waals surface area contributed by atoms with Crippen molar-refractivity contribution in [2.75, 3.05) is 24.7 Å². The van der Waals surface area contributed by atoms with Crippen LogP contribution in [-0.4, -0.2) is 54.3 Å². The molecular weight excluding hydrogens is 302 g/mol. The molecule has 1 saturated heterocycles. The lowest BCUT2D eigenvalue weighted by Crippen LogP contribution is -2.50. The van der Waals surface area contributed by atoms with Crippen LogP contribution in [0.2, 0.25) is 0 Å². The maximum Gasteiger partial charge on any atom is 0.321 e. The number of rotatable bonds is 3. The van der Waals surface area contributed by atoms with Crippen LogP contribution in [0.5, 0.6) is 0 Å². The number of carbonyl (C=O) groups excluding carboxylic acids is 1. The molecule has 0 aliphatic carbocycles. The van der Waals surface area contributed by atoms with E-state index in [1.54, 1.807) is 6.92 Å². The first-order valence-electron chi connectivity index (χ1n) is 6.17. The van der Waals surface area contributed by atoms with Gasteiger partial charge in [0.05, 0.1) is 6.26 Å². The van der Waals surface area contributed by atoms with Crippen LogP contribution in [0.1, 0.15) is 17.8 Å². The Kier molecular flexibility index (Phi) is 4.55. The van der Waals surface area contributed by atoms with Crippen molar-refractivity contribution in [3.63, 3.8) is 0 Å². The predicted octanol–water partition coefficient (Wildman–Crippen LogP) is 0.392. The van der Waals surface area contributed by atoms with Crippen LogP contribution in [0.3, 0.4) is 0 Å². The molecular formula is C10H17N5O3S2. The van der Waals surface area contributed by atoms with Gasteiger partial charge in [0.1, 0.15) is 5.01 Å². The third-order valence-electron chi connectivity index (χ3n) is 2.93. The molecule has 0 spiro atoms. The van der Waals surface area contributed by atoms with E-state index in [1.165, 1.54) is 21.9 Å². The molecule has 20 heavy (non-hydrogen) atoms. The van der Waals surface area contributed by atoms with E-state index >= 15 is 0 Å². The van der Waals surface area contributed by atoms with Crippen LogP contribution < -0.4 is 10.6 Å². The Labute approximate surface area is 121 Å². The largest absolute Gasteiger partial charge is 0.334 e. The predicted molar refractivity (Wildman–Crippen MR) is 76.2 cm³/mol.